The van der Waals surface area contributed by atoms with Crippen molar-refractivity contribution >= 4 is 59.4 Å². The summed E-state index contributed by atoms with van der Waals surface area (Å²) in [5, 5.41) is 8.45. The first-order valence-corrected chi connectivity index (χ1v) is 42.1. The lowest BCUT2D eigenvalue weighted by molar-refractivity contribution is 0.103. The van der Waals surface area contributed by atoms with Gasteiger partial charge in [-0.25, -0.2) is 0 Å². The molecule has 0 aliphatic rings. The fourth-order valence-electron chi connectivity index (χ4n) is 12.3. The van der Waals surface area contributed by atoms with E-state index in [1.165, 1.54) is 128 Å². The molecule has 0 atom stereocenters. The summed E-state index contributed by atoms with van der Waals surface area (Å²) in [7, 11) is 0. The van der Waals surface area contributed by atoms with Crippen molar-refractivity contribution in [2.45, 2.75) is 145 Å². The van der Waals surface area contributed by atoms with Crippen molar-refractivity contribution in [3.05, 3.63) is 493 Å². The fourth-order valence-corrected chi connectivity index (χ4v) is 12.3. The van der Waals surface area contributed by atoms with E-state index in [-0.39, 0.29) is 11.6 Å². The third-order valence-corrected chi connectivity index (χ3v) is 21.0. The molecule has 0 fully saturated rings. The first-order chi connectivity index (χ1) is 58.9. The minimum Gasteiger partial charge on any atom is -0.289 e. The van der Waals surface area contributed by atoms with E-state index in [2.05, 4.69) is 364 Å². The molecule has 0 spiro atoms. The second-order valence-corrected chi connectivity index (χ2v) is 32.2. The molecule has 618 valence electrons. The number of hydrogen-bond acceptors (Lipinski definition) is 4. The van der Waals surface area contributed by atoms with Crippen LogP contribution in [0.1, 0.15) is 193 Å². The van der Waals surface area contributed by atoms with E-state index >= 15 is 0 Å². The molecule has 0 aliphatic heterocycles. The molecular weight excluding hydrogens is 1490 g/mol. The highest BCUT2D eigenvalue weighted by atomic mass is 16.1. The van der Waals surface area contributed by atoms with Crippen molar-refractivity contribution in [3.63, 3.8) is 0 Å². The predicted molar refractivity (Wildman–Crippen MR) is 530 cm³/mol. The van der Waals surface area contributed by atoms with Crippen LogP contribution in [0.2, 0.25) is 0 Å². The van der Waals surface area contributed by atoms with Crippen LogP contribution in [-0.2, 0) is 0 Å². The maximum atomic E-state index is 12.1. The molecule has 0 amide bonds. The summed E-state index contributed by atoms with van der Waals surface area (Å²) in [5.41, 5.74) is 41.2. The predicted octanol–water partition coefficient (Wildman–Crippen LogP) is 31.6. The largest absolute Gasteiger partial charge is 0.289 e. The lowest BCUT2D eigenvalue weighted by Crippen LogP contribution is -1.95. The van der Waals surface area contributed by atoms with E-state index in [1.54, 1.807) is 12.2 Å². The van der Waals surface area contributed by atoms with Gasteiger partial charge < -0.3 is 0 Å². The number of azo groups is 1. The molecule has 0 heterocycles. The Labute approximate surface area is 736 Å². The SMILES string of the molecule is Cc1ccc(C#Cc2ccc(C)c(C)c2)cc1.Cc1ccc(C#Cc2ccc(C)cc2C)cc1.Cc1ccc(C(=O)C=Cc2ccc(C)cc2C)cc1.Cc1ccc(C=CC(=O)c2ccc(C)c(C)c2)cc1.Cc1ccc(C=Cc2ccc(C)c(C)c2)cc1.Cc1ccc(C=Cc2ccc(C)cc2C)cc1.Cc1ccc(N=Nc2ccc(C)c(C)c2)cc1. The highest BCUT2D eigenvalue weighted by Gasteiger charge is 2.06. The number of rotatable bonds is 12. The van der Waals surface area contributed by atoms with Gasteiger partial charge in [0, 0.05) is 33.4 Å². The molecular formula is C119H120N2O2. The summed E-state index contributed by atoms with van der Waals surface area (Å²) in [6, 6.07) is 101. The van der Waals surface area contributed by atoms with Crippen LogP contribution < -0.4 is 0 Å². The Morgan fingerprint density at radius 2 is 0.512 bits per heavy atom. The Balaban J connectivity index is 0.000000178. The Morgan fingerprint density at radius 1 is 0.203 bits per heavy atom. The maximum absolute atomic E-state index is 12.1. The van der Waals surface area contributed by atoms with Gasteiger partial charge in [-0.3, -0.25) is 9.59 Å². The van der Waals surface area contributed by atoms with E-state index in [0.717, 1.165) is 67.0 Å². The van der Waals surface area contributed by atoms with Gasteiger partial charge in [-0.05, 0) is 325 Å². The van der Waals surface area contributed by atoms with Gasteiger partial charge in [0.05, 0.1) is 11.4 Å². The average molecular weight is 1610 g/mol. The van der Waals surface area contributed by atoms with Gasteiger partial charge in [0.15, 0.2) is 11.6 Å². The van der Waals surface area contributed by atoms with Crippen molar-refractivity contribution in [3.8, 4) is 23.7 Å². The topological polar surface area (TPSA) is 58.9 Å². The molecule has 14 aromatic rings. The highest BCUT2D eigenvalue weighted by molar-refractivity contribution is 6.07. The van der Waals surface area contributed by atoms with Crippen LogP contribution in [-0.4, -0.2) is 11.6 Å². The number of aryl methyl sites for hydroxylation is 21. The van der Waals surface area contributed by atoms with Gasteiger partial charge in [0.25, 0.3) is 0 Å². The third kappa shape index (κ3) is 33.7. The summed E-state index contributed by atoms with van der Waals surface area (Å²) in [4.78, 5) is 24.1. The van der Waals surface area contributed by atoms with Gasteiger partial charge in [-0.2, -0.15) is 10.2 Å². The molecule has 0 saturated heterocycles. The van der Waals surface area contributed by atoms with Crippen LogP contribution in [0.3, 0.4) is 0 Å². The Hall–Kier alpha value is -13.9. The molecule has 14 rings (SSSR count). The second kappa shape index (κ2) is 48.4. The van der Waals surface area contributed by atoms with Crippen molar-refractivity contribution in [1.82, 2.24) is 0 Å². The van der Waals surface area contributed by atoms with Gasteiger partial charge in [0.1, 0.15) is 0 Å². The number of nitrogens with zero attached hydrogens (tertiary/aromatic N) is 2. The molecule has 123 heavy (non-hydrogen) atoms. The quantitative estimate of drug-likeness (QED) is 0.0402. The Kier molecular flexibility index (Phi) is 37.2. The third-order valence-electron chi connectivity index (χ3n) is 21.0. The van der Waals surface area contributed by atoms with Gasteiger partial charge in [0.2, 0.25) is 0 Å². The normalized spacial score (nSPS) is 10.6. The fraction of sp³-hybridized carbons (Fsp3) is 0.176. The smallest absolute Gasteiger partial charge is 0.185 e. The van der Waals surface area contributed by atoms with Crippen LogP contribution in [0, 0.1) is 169 Å². The Morgan fingerprint density at radius 3 is 0.976 bits per heavy atom. The minimum atomic E-state index is 0.0416. The van der Waals surface area contributed by atoms with Crippen molar-refractivity contribution in [1.29, 1.82) is 0 Å². The van der Waals surface area contributed by atoms with E-state index in [9.17, 15) is 9.59 Å². The summed E-state index contributed by atoms with van der Waals surface area (Å²) in [6.07, 6.45) is 15.7. The number of ketones is 2. The van der Waals surface area contributed by atoms with Gasteiger partial charge in [-0.1, -0.05) is 340 Å². The molecule has 4 heteroatoms. The molecule has 0 aliphatic carbocycles. The number of benzene rings is 14. The molecule has 0 radical (unpaired) electrons. The van der Waals surface area contributed by atoms with Crippen LogP contribution in [0.5, 0.6) is 0 Å². The second-order valence-electron chi connectivity index (χ2n) is 32.2. The summed E-state index contributed by atoms with van der Waals surface area (Å²) < 4.78 is 0. The molecule has 4 nitrogen and oxygen atoms in total. The molecule has 0 saturated carbocycles. The van der Waals surface area contributed by atoms with Crippen LogP contribution in [0.4, 0.5) is 11.4 Å². The van der Waals surface area contributed by atoms with Crippen molar-refractivity contribution in [2.75, 3.05) is 0 Å². The summed E-state index contributed by atoms with van der Waals surface area (Å²) in [6.45, 7) is 43.9. The van der Waals surface area contributed by atoms with Crippen LogP contribution >= 0.6 is 0 Å². The molecule has 0 bridgehead atoms. The number of hydrogen-bond donors (Lipinski definition) is 0. The zero-order valence-electron chi connectivity index (χ0n) is 76.1. The zero-order valence-corrected chi connectivity index (χ0v) is 76.1. The Bertz CT molecular complexity index is 6030. The van der Waals surface area contributed by atoms with Gasteiger partial charge in [-0.15, -0.1) is 0 Å². The summed E-state index contributed by atoms with van der Waals surface area (Å²) >= 11 is 0. The molecule has 0 N–H and O–H groups in total. The highest BCUT2D eigenvalue weighted by Crippen LogP contribution is 2.24. The van der Waals surface area contributed by atoms with E-state index in [1.807, 2.05) is 149 Å². The number of carbonyl (C=O) groups is 2. The number of allylic oxidation sites excluding steroid dienone is 2. The lowest BCUT2D eigenvalue weighted by Gasteiger charge is -2.02. The monoisotopic (exact) mass is 1610 g/mol. The standard InChI is InChI=1S/2C18H18O.C17H18.C17H16.C17H18.C17H16.C15H16N2/c1-13-4-8-17(9-5-13)18(19)11-10-16-7-6-14(2)12-15(16)3;1-13-4-7-16(8-5-13)9-11-18(19)17-10-6-14(2)15(3)12-17;2*1-13-4-7-16(8-5-13)9-11-17-10-6-14(2)12-15(17)3;2*1-13-4-7-16(8-5-13)10-11-17-9-6-14(2)15(3)12-17;1-11-4-7-14(8-5-11)16-17-15-9-6-12(2)13(3)10-15/h2*4-12H,1-3H3;4-12H,1-3H3;4-8,10,12H,1-3H3;4-12H,1-3H3;4-9,12H,1-3H3;4-10H,1-3H3. The van der Waals surface area contributed by atoms with E-state index in [4.69, 9.17) is 0 Å². The zero-order chi connectivity index (χ0) is 88.9. The maximum Gasteiger partial charge on any atom is 0.185 e. The van der Waals surface area contributed by atoms with Crippen LogP contribution in [0.25, 0.3) is 36.5 Å². The first kappa shape index (κ1) is 94.6. The summed E-state index contributed by atoms with van der Waals surface area (Å²) in [5.74, 6) is 12.9. The molecule has 0 unspecified atom stereocenters. The number of carbonyl (C=O) groups excluding carboxylic acids is 2. The van der Waals surface area contributed by atoms with Crippen molar-refractivity contribution < 1.29 is 9.59 Å². The molecule has 14 aromatic carbocycles. The average Bonchev–Trinajstić information content (AvgIpc) is 0.839. The van der Waals surface area contributed by atoms with E-state index in [0.29, 0.717) is 0 Å². The van der Waals surface area contributed by atoms with Gasteiger partial charge >= 0.3 is 0 Å². The molecule has 0 aromatic heterocycles. The van der Waals surface area contributed by atoms with Crippen LogP contribution in [0.15, 0.2) is 320 Å². The van der Waals surface area contributed by atoms with E-state index < -0.39 is 0 Å². The first-order valence-electron chi connectivity index (χ1n) is 42.1. The van der Waals surface area contributed by atoms with Crippen molar-refractivity contribution in [2.24, 2.45) is 10.2 Å². The lowest BCUT2D eigenvalue weighted by atomic mass is 10.0. The minimum absolute atomic E-state index is 0.0416.